The number of imidazole rings is 1. The second-order valence-corrected chi connectivity index (χ2v) is 5.77. The van der Waals surface area contributed by atoms with Crippen LogP contribution < -0.4 is 0 Å². The third-order valence-electron chi connectivity index (χ3n) is 3.68. The molecule has 0 fully saturated rings. The van der Waals surface area contributed by atoms with Gasteiger partial charge >= 0.3 is 5.97 Å². The monoisotopic (exact) mass is 310 g/mol. The van der Waals surface area contributed by atoms with Crippen LogP contribution in [-0.2, 0) is 7.05 Å². The Morgan fingerprint density at radius 3 is 2.43 bits per heavy atom. The van der Waals surface area contributed by atoms with Gasteiger partial charge in [0.2, 0.25) is 0 Å². The number of carboxylic acid groups (broad SMARTS) is 1. The molecule has 0 aliphatic heterocycles. The normalized spacial score (nSPS) is 11.1. The van der Waals surface area contributed by atoms with Crippen LogP contribution in [0.15, 0.2) is 43.0 Å². The minimum Gasteiger partial charge on any atom is -0.476 e. The Labute approximate surface area is 134 Å². The van der Waals surface area contributed by atoms with Gasteiger partial charge in [0.1, 0.15) is 6.33 Å². The van der Waals surface area contributed by atoms with Gasteiger partial charge in [0, 0.05) is 30.7 Å². The summed E-state index contributed by atoms with van der Waals surface area (Å²) in [4.78, 5) is 14.8. The Hall–Kier alpha value is -2.89. The summed E-state index contributed by atoms with van der Waals surface area (Å²) in [6.45, 7) is 4.25. The quantitative estimate of drug-likeness (QED) is 0.803. The van der Waals surface area contributed by atoms with Crippen LogP contribution >= 0.6 is 0 Å². The molecule has 0 atom stereocenters. The van der Waals surface area contributed by atoms with Gasteiger partial charge in [-0.3, -0.25) is 4.68 Å². The van der Waals surface area contributed by atoms with Gasteiger partial charge in [-0.25, -0.2) is 9.78 Å². The lowest BCUT2D eigenvalue weighted by molar-refractivity contribution is 0.0691. The first-order valence-corrected chi connectivity index (χ1v) is 7.37. The van der Waals surface area contributed by atoms with Gasteiger partial charge in [0.15, 0.2) is 5.69 Å². The maximum atomic E-state index is 10.9. The zero-order chi connectivity index (χ0) is 16.6. The first-order valence-electron chi connectivity index (χ1n) is 7.37. The number of carboxylic acids is 1. The number of aryl methyl sites for hydroxylation is 1. The summed E-state index contributed by atoms with van der Waals surface area (Å²) in [5, 5.41) is 13.5. The predicted octanol–water partition coefficient (Wildman–Crippen LogP) is 3.09. The molecule has 0 aliphatic carbocycles. The van der Waals surface area contributed by atoms with Gasteiger partial charge in [-0.05, 0) is 23.6 Å². The van der Waals surface area contributed by atoms with Crippen LogP contribution in [0.2, 0.25) is 0 Å². The molecule has 0 saturated carbocycles. The van der Waals surface area contributed by atoms with Gasteiger partial charge < -0.3 is 9.67 Å². The van der Waals surface area contributed by atoms with Crippen molar-refractivity contribution in [2.24, 2.45) is 7.05 Å². The van der Waals surface area contributed by atoms with Crippen LogP contribution in [0.4, 0.5) is 0 Å². The van der Waals surface area contributed by atoms with Crippen LogP contribution in [0.5, 0.6) is 0 Å². The lowest BCUT2D eigenvalue weighted by atomic mass is 10.00. The topological polar surface area (TPSA) is 72.9 Å². The number of rotatable bonds is 4. The maximum Gasteiger partial charge on any atom is 0.356 e. The smallest absolute Gasteiger partial charge is 0.356 e. The molecule has 0 aliphatic rings. The van der Waals surface area contributed by atoms with Gasteiger partial charge in [0.25, 0.3) is 0 Å². The minimum absolute atomic E-state index is 0.0310. The fourth-order valence-corrected chi connectivity index (χ4v) is 2.54. The van der Waals surface area contributed by atoms with E-state index in [2.05, 4.69) is 23.9 Å². The third-order valence-corrected chi connectivity index (χ3v) is 3.68. The first-order chi connectivity index (χ1) is 11.0. The number of benzene rings is 1. The Balaban J connectivity index is 1.94. The molecule has 6 heteroatoms. The summed E-state index contributed by atoms with van der Waals surface area (Å²) in [5.74, 6) is -0.685. The second kappa shape index (κ2) is 5.72. The molecule has 23 heavy (non-hydrogen) atoms. The van der Waals surface area contributed by atoms with E-state index >= 15 is 0 Å². The van der Waals surface area contributed by atoms with E-state index in [4.69, 9.17) is 5.11 Å². The number of aromatic carboxylic acids is 1. The van der Waals surface area contributed by atoms with E-state index in [0.29, 0.717) is 5.92 Å². The molecule has 3 rings (SSSR count). The van der Waals surface area contributed by atoms with Crippen LogP contribution in [0, 0.1) is 0 Å². The molecular formula is C17H18N4O2. The van der Waals surface area contributed by atoms with E-state index in [1.807, 2.05) is 42.2 Å². The van der Waals surface area contributed by atoms with Crippen molar-refractivity contribution in [3.63, 3.8) is 0 Å². The summed E-state index contributed by atoms with van der Waals surface area (Å²) >= 11 is 0. The highest BCUT2D eigenvalue weighted by Gasteiger charge is 2.13. The number of nitrogens with zero attached hydrogens (tertiary/aromatic N) is 4. The lowest BCUT2D eigenvalue weighted by Crippen LogP contribution is -1.96. The van der Waals surface area contributed by atoms with Crippen LogP contribution in [0.3, 0.4) is 0 Å². The molecule has 0 saturated heterocycles. The van der Waals surface area contributed by atoms with Gasteiger partial charge in [0.05, 0.1) is 5.69 Å². The molecule has 118 valence electrons. The SMILES string of the molecule is CC(C)c1nn(C)cc1-c1ccc(-n2cnc(C(=O)O)c2)cc1. The molecule has 0 bridgehead atoms. The summed E-state index contributed by atoms with van der Waals surface area (Å²) < 4.78 is 3.52. The van der Waals surface area contributed by atoms with Gasteiger partial charge in [-0.2, -0.15) is 5.10 Å². The summed E-state index contributed by atoms with van der Waals surface area (Å²) in [7, 11) is 1.92. The van der Waals surface area contributed by atoms with Crippen molar-refractivity contribution >= 4 is 5.97 Å². The Kier molecular flexibility index (Phi) is 3.73. The van der Waals surface area contributed by atoms with Crippen molar-refractivity contribution in [1.82, 2.24) is 19.3 Å². The van der Waals surface area contributed by atoms with Crippen molar-refractivity contribution in [1.29, 1.82) is 0 Å². The van der Waals surface area contributed by atoms with E-state index in [1.54, 1.807) is 4.57 Å². The average molecular weight is 310 g/mol. The molecule has 2 aromatic heterocycles. The molecule has 3 aromatic rings. The van der Waals surface area contributed by atoms with E-state index in [1.165, 1.54) is 12.5 Å². The molecule has 0 amide bonds. The average Bonchev–Trinajstić information content (AvgIpc) is 3.14. The maximum absolute atomic E-state index is 10.9. The number of carbonyl (C=O) groups is 1. The first kappa shape index (κ1) is 15.0. The summed E-state index contributed by atoms with van der Waals surface area (Å²) in [5.41, 5.74) is 4.17. The zero-order valence-corrected chi connectivity index (χ0v) is 13.3. The predicted molar refractivity (Wildman–Crippen MR) is 86.8 cm³/mol. The molecular weight excluding hydrogens is 292 g/mol. The second-order valence-electron chi connectivity index (χ2n) is 5.77. The third kappa shape index (κ3) is 2.88. The Bertz CT molecular complexity index is 844. The van der Waals surface area contributed by atoms with Crippen LogP contribution in [-0.4, -0.2) is 30.4 Å². The molecule has 1 aromatic carbocycles. The largest absolute Gasteiger partial charge is 0.476 e. The van der Waals surface area contributed by atoms with Gasteiger partial charge in [-0.15, -0.1) is 0 Å². The minimum atomic E-state index is -1.03. The van der Waals surface area contributed by atoms with Crippen molar-refractivity contribution in [3.8, 4) is 16.8 Å². The van der Waals surface area contributed by atoms with Crippen molar-refractivity contribution < 1.29 is 9.90 Å². The Morgan fingerprint density at radius 2 is 1.87 bits per heavy atom. The summed E-state index contributed by atoms with van der Waals surface area (Å²) in [6, 6.07) is 7.91. The lowest BCUT2D eigenvalue weighted by Gasteiger charge is -2.07. The van der Waals surface area contributed by atoms with Crippen molar-refractivity contribution in [2.75, 3.05) is 0 Å². The van der Waals surface area contributed by atoms with Crippen molar-refractivity contribution in [2.45, 2.75) is 19.8 Å². The number of hydrogen-bond donors (Lipinski definition) is 1. The van der Waals surface area contributed by atoms with Crippen LogP contribution in [0.25, 0.3) is 16.8 Å². The fraction of sp³-hybridized carbons (Fsp3) is 0.235. The molecule has 2 heterocycles. The molecule has 6 nitrogen and oxygen atoms in total. The molecule has 0 radical (unpaired) electrons. The summed E-state index contributed by atoms with van der Waals surface area (Å²) in [6.07, 6.45) is 5.02. The highest BCUT2D eigenvalue weighted by Crippen LogP contribution is 2.28. The number of hydrogen-bond acceptors (Lipinski definition) is 3. The van der Waals surface area contributed by atoms with Gasteiger partial charge in [-0.1, -0.05) is 26.0 Å². The van der Waals surface area contributed by atoms with E-state index < -0.39 is 5.97 Å². The fourth-order valence-electron chi connectivity index (χ4n) is 2.54. The molecule has 1 N–H and O–H groups in total. The van der Waals surface area contributed by atoms with E-state index in [-0.39, 0.29) is 5.69 Å². The van der Waals surface area contributed by atoms with Crippen LogP contribution in [0.1, 0.15) is 35.9 Å². The molecule has 0 spiro atoms. The number of aromatic nitrogens is 4. The van der Waals surface area contributed by atoms with Crippen molar-refractivity contribution in [3.05, 3.63) is 54.4 Å². The highest BCUT2D eigenvalue weighted by atomic mass is 16.4. The highest BCUT2D eigenvalue weighted by molar-refractivity contribution is 5.85. The van der Waals surface area contributed by atoms with E-state index in [0.717, 1.165) is 22.5 Å². The van der Waals surface area contributed by atoms with E-state index in [9.17, 15) is 4.79 Å². The molecule has 0 unspecified atom stereocenters. The zero-order valence-electron chi connectivity index (χ0n) is 13.3. The standard InChI is InChI=1S/C17H18N4O2/c1-11(2)16-14(8-20(3)19-16)12-4-6-13(7-5-12)21-9-15(17(22)23)18-10-21/h4-11H,1-3H3,(H,22,23). The Morgan fingerprint density at radius 1 is 1.17 bits per heavy atom.